The number of esters is 3. The molecule has 0 saturated carbocycles. The van der Waals surface area contributed by atoms with Crippen molar-refractivity contribution in [2.24, 2.45) is 0 Å². The van der Waals surface area contributed by atoms with Crippen LogP contribution in [0.4, 0.5) is 0 Å². The summed E-state index contributed by atoms with van der Waals surface area (Å²) in [5.41, 5.74) is -0.449. The number of ether oxygens (including phenoxy) is 3. The maximum absolute atomic E-state index is 11.5. The van der Waals surface area contributed by atoms with E-state index in [1.54, 1.807) is 0 Å². The number of hydrogen-bond donors (Lipinski definition) is 1. The van der Waals surface area contributed by atoms with Gasteiger partial charge < -0.3 is 19.3 Å². The molecule has 0 saturated heterocycles. The highest BCUT2D eigenvalue weighted by Crippen LogP contribution is 2.15. The highest BCUT2D eigenvalue weighted by Gasteiger charge is 2.27. The Bertz CT molecular complexity index is 370. The van der Waals surface area contributed by atoms with Gasteiger partial charge in [-0.1, -0.05) is 0 Å². The molecule has 0 spiro atoms. The third-order valence-electron chi connectivity index (χ3n) is 2.22. The summed E-state index contributed by atoms with van der Waals surface area (Å²) in [5.74, 6) is -2.42. The van der Waals surface area contributed by atoms with Gasteiger partial charge in [-0.15, -0.1) is 0 Å². The Morgan fingerprint density at radius 3 is 1.89 bits per heavy atom. The minimum atomic E-state index is -1.50. The quantitative estimate of drug-likeness (QED) is 0.407. The molecule has 0 aromatic heterocycles. The van der Waals surface area contributed by atoms with E-state index in [-0.39, 0.29) is 11.1 Å². The number of rotatable bonds is 5. The lowest BCUT2D eigenvalue weighted by Crippen LogP contribution is -2.26. The molecule has 7 nitrogen and oxygen atoms in total. The van der Waals surface area contributed by atoms with Crippen LogP contribution in [0.1, 0.15) is 13.3 Å². The molecule has 1 N–H and O–H groups in total. The van der Waals surface area contributed by atoms with E-state index in [1.807, 2.05) is 0 Å². The van der Waals surface area contributed by atoms with Gasteiger partial charge in [-0.05, 0) is 6.92 Å². The fourth-order valence-electron chi connectivity index (χ4n) is 1.26. The zero-order chi connectivity index (χ0) is 14.3. The summed E-state index contributed by atoms with van der Waals surface area (Å²) in [6.07, 6.45) is -1.96. The standard InChI is InChI=1S/C11H16O7/c1-6(10(14)17-3)9(11(15)18-4)7(12)5-8(13)16-2/h7,12H,5H2,1-4H3/b9-6-/t7-/m1/s1. The van der Waals surface area contributed by atoms with Crippen molar-refractivity contribution in [2.75, 3.05) is 21.3 Å². The van der Waals surface area contributed by atoms with Crippen molar-refractivity contribution in [3.8, 4) is 0 Å². The van der Waals surface area contributed by atoms with Gasteiger partial charge in [-0.2, -0.15) is 0 Å². The van der Waals surface area contributed by atoms with Crippen molar-refractivity contribution < 1.29 is 33.7 Å². The molecule has 0 fully saturated rings. The average Bonchev–Trinajstić information content (AvgIpc) is 2.36. The minimum Gasteiger partial charge on any atom is -0.469 e. The molecular formula is C11H16O7. The van der Waals surface area contributed by atoms with E-state index >= 15 is 0 Å². The Labute approximate surface area is 104 Å². The largest absolute Gasteiger partial charge is 0.469 e. The van der Waals surface area contributed by atoms with Gasteiger partial charge in [0.15, 0.2) is 0 Å². The molecule has 102 valence electrons. The molecule has 0 amide bonds. The Hall–Kier alpha value is -1.89. The molecule has 18 heavy (non-hydrogen) atoms. The van der Waals surface area contributed by atoms with Crippen LogP contribution in [0, 0.1) is 0 Å². The summed E-state index contributed by atoms with van der Waals surface area (Å²) in [6, 6.07) is 0. The first-order chi connectivity index (χ1) is 8.38. The van der Waals surface area contributed by atoms with Crippen LogP contribution in [-0.2, 0) is 28.6 Å². The predicted molar refractivity (Wildman–Crippen MR) is 59.4 cm³/mol. The van der Waals surface area contributed by atoms with Crippen molar-refractivity contribution in [2.45, 2.75) is 19.4 Å². The fraction of sp³-hybridized carbons (Fsp3) is 0.545. The SMILES string of the molecule is COC(=O)C[C@@H](O)/C(C(=O)OC)=C(\C)C(=O)OC. The van der Waals surface area contributed by atoms with Gasteiger partial charge in [0.05, 0.1) is 39.4 Å². The third-order valence-corrected chi connectivity index (χ3v) is 2.22. The van der Waals surface area contributed by atoms with Crippen molar-refractivity contribution in [1.29, 1.82) is 0 Å². The van der Waals surface area contributed by atoms with Gasteiger partial charge in [-0.25, -0.2) is 9.59 Å². The molecule has 0 radical (unpaired) electrons. The Kier molecular flexibility index (Phi) is 6.66. The molecular weight excluding hydrogens is 244 g/mol. The second-order valence-electron chi connectivity index (χ2n) is 3.32. The summed E-state index contributed by atoms with van der Waals surface area (Å²) in [6.45, 7) is 1.29. The van der Waals surface area contributed by atoms with Crippen LogP contribution in [-0.4, -0.2) is 50.4 Å². The van der Waals surface area contributed by atoms with Gasteiger partial charge >= 0.3 is 17.9 Å². The van der Waals surface area contributed by atoms with Crippen molar-refractivity contribution >= 4 is 17.9 Å². The molecule has 1 atom stereocenters. The van der Waals surface area contributed by atoms with Crippen molar-refractivity contribution in [3.05, 3.63) is 11.1 Å². The molecule has 0 aliphatic carbocycles. The Morgan fingerprint density at radius 1 is 1.00 bits per heavy atom. The Balaban J connectivity index is 5.30. The lowest BCUT2D eigenvalue weighted by Gasteiger charge is -2.14. The lowest BCUT2D eigenvalue weighted by atomic mass is 10.0. The van der Waals surface area contributed by atoms with Crippen molar-refractivity contribution in [3.63, 3.8) is 0 Å². The minimum absolute atomic E-state index is 0.124. The molecule has 0 aliphatic heterocycles. The number of aliphatic hydroxyl groups is 1. The number of carbonyl (C=O) groups excluding carboxylic acids is 3. The normalized spacial score (nSPS) is 13.2. The summed E-state index contributed by atoms with van der Waals surface area (Å²) < 4.78 is 13.2. The summed E-state index contributed by atoms with van der Waals surface area (Å²) in [7, 11) is 3.37. The maximum atomic E-state index is 11.5. The molecule has 0 heterocycles. The molecule has 0 aromatic rings. The molecule has 0 rings (SSSR count). The smallest absolute Gasteiger partial charge is 0.336 e. The van der Waals surface area contributed by atoms with E-state index in [4.69, 9.17) is 0 Å². The first-order valence-electron chi connectivity index (χ1n) is 5.01. The lowest BCUT2D eigenvalue weighted by molar-refractivity contribution is -0.144. The summed E-state index contributed by atoms with van der Waals surface area (Å²) in [4.78, 5) is 33.8. The molecule has 0 aliphatic rings. The highest BCUT2D eigenvalue weighted by molar-refractivity contribution is 6.01. The zero-order valence-corrected chi connectivity index (χ0v) is 10.7. The second kappa shape index (κ2) is 7.44. The van der Waals surface area contributed by atoms with Crippen LogP contribution in [0.15, 0.2) is 11.1 Å². The Morgan fingerprint density at radius 2 is 1.50 bits per heavy atom. The van der Waals surface area contributed by atoms with Gasteiger partial charge in [0.1, 0.15) is 0 Å². The van der Waals surface area contributed by atoms with Crippen LogP contribution < -0.4 is 0 Å². The monoisotopic (exact) mass is 260 g/mol. The number of carbonyl (C=O) groups is 3. The first kappa shape index (κ1) is 16.1. The summed E-state index contributed by atoms with van der Waals surface area (Å²) in [5, 5.41) is 9.76. The van der Waals surface area contributed by atoms with Gasteiger partial charge in [0, 0.05) is 5.57 Å². The van der Waals surface area contributed by atoms with Crippen LogP contribution >= 0.6 is 0 Å². The van der Waals surface area contributed by atoms with E-state index < -0.39 is 30.4 Å². The average molecular weight is 260 g/mol. The zero-order valence-electron chi connectivity index (χ0n) is 10.7. The van der Waals surface area contributed by atoms with Crippen LogP contribution in [0.5, 0.6) is 0 Å². The van der Waals surface area contributed by atoms with Gasteiger partial charge in [0.25, 0.3) is 0 Å². The van der Waals surface area contributed by atoms with Crippen molar-refractivity contribution in [1.82, 2.24) is 0 Å². The van der Waals surface area contributed by atoms with E-state index in [0.29, 0.717) is 0 Å². The van der Waals surface area contributed by atoms with Crippen LogP contribution in [0.25, 0.3) is 0 Å². The van der Waals surface area contributed by atoms with E-state index in [1.165, 1.54) is 6.92 Å². The van der Waals surface area contributed by atoms with E-state index in [2.05, 4.69) is 14.2 Å². The van der Waals surface area contributed by atoms with E-state index in [0.717, 1.165) is 21.3 Å². The van der Waals surface area contributed by atoms with Gasteiger partial charge in [-0.3, -0.25) is 4.79 Å². The number of aliphatic hydroxyl groups excluding tert-OH is 1. The number of hydrogen-bond acceptors (Lipinski definition) is 7. The molecule has 0 unspecified atom stereocenters. The molecule has 0 bridgehead atoms. The maximum Gasteiger partial charge on any atom is 0.336 e. The van der Waals surface area contributed by atoms with Crippen LogP contribution in [0.2, 0.25) is 0 Å². The first-order valence-corrected chi connectivity index (χ1v) is 5.01. The predicted octanol–water partition coefficient (Wildman–Crippen LogP) is -0.427. The second-order valence-corrected chi connectivity index (χ2v) is 3.32. The summed E-state index contributed by atoms with van der Waals surface area (Å²) >= 11 is 0. The number of methoxy groups -OCH3 is 3. The van der Waals surface area contributed by atoms with E-state index in [9.17, 15) is 19.5 Å². The van der Waals surface area contributed by atoms with Crippen LogP contribution in [0.3, 0.4) is 0 Å². The molecule has 7 heteroatoms. The molecule has 0 aromatic carbocycles. The highest BCUT2D eigenvalue weighted by atomic mass is 16.5. The topological polar surface area (TPSA) is 99.1 Å². The third kappa shape index (κ3) is 4.17. The van der Waals surface area contributed by atoms with Gasteiger partial charge in [0.2, 0.25) is 0 Å². The fourth-order valence-corrected chi connectivity index (χ4v) is 1.26.